The molecule has 10 rings (SSSR count). The van der Waals surface area contributed by atoms with E-state index in [4.69, 9.17) is 5.73 Å². The Morgan fingerprint density at radius 1 is 0.431 bits per heavy atom. The van der Waals surface area contributed by atoms with Gasteiger partial charge in [-0.2, -0.15) is 22.4 Å². The summed E-state index contributed by atoms with van der Waals surface area (Å²) >= 11 is 5.15. The van der Waals surface area contributed by atoms with Crippen molar-refractivity contribution < 1.29 is 0 Å². The van der Waals surface area contributed by atoms with Crippen molar-refractivity contribution in [2.45, 2.75) is 21.3 Å². The quantitative estimate of drug-likeness (QED) is 0.105. The zero-order chi connectivity index (χ0) is 39.7. The molecule has 0 aliphatic carbocycles. The number of nitrogen functional groups attached to an aromatic ring is 1. The highest BCUT2D eigenvalue weighted by Crippen LogP contribution is 2.33. The van der Waals surface area contributed by atoms with E-state index in [1.807, 2.05) is 31.2 Å². The Kier molecular flexibility index (Phi) is 14.1. The van der Waals surface area contributed by atoms with E-state index in [1.165, 1.54) is 66.1 Å². The SMILES string of the molecule is Brc1ccc(-n2c3ccccc3c3ccccc32)cc1.C.Cc1ccc(N)cc1.Cc1ccc(Nc2ccc(-n3c4ccccc4c4ccccc43)cc2)cc1.[B]I. The second-order valence-electron chi connectivity index (χ2n) is 13.7. The molecular formula is C51H45BBrIN4. The summed E-state index contributed by atoms with van der Waals surface area (Å²) in [6, 6.07) is 67.6. The van der Waals surface area contributed by atoms with Gasteiger partial charge in [-0.1, -0.05) is 132 Å². The number of halogens is 2. The Bertz CT molecular complexity index is 2740. The Morgan fingerprint density at radius 3 is 1.07 bits per heavy atom. The van der Waals surface area contributed by atoms with Crippen LogP contribution in [0.5, 0.6) is 0 Å². The second-order valence-corrected chi connectivity index (χ2v) is 14.6. The molecule has 0 unspecified atom stereocenters. The number of benzene rings is 8. The molecule has 8 aromatic carbocycles. The van der Waals surface area contributed by atoms with Crippen LogP contribution < -0.4 is 11.1 Å². The number of anilines is 3. The first-order valence-corrected chi connectivity index (χ1v) is 20.7. The molecule has 286 valence electrons. The molecule has 7 heteroatoms. The molecule has 2 aromatic heterocycles. The molecule has 0 amide bonds. The van der Waals surface area contributed by atoms with E-state index in [2.05, 4.69) is 213 Å². The van der Waals surface area contributed by atoms with Crippen LogP contribution in [0.25, 0.3) is 55.0 Å². The third kappa shape index (κ3) is 9.33. The van der Waals surface area contributed by atoms with Crippen molar-refractivity contribution in [3.8, 4) is 11.4 Å². The van der Waals surface area contributed by atoms with E-state index in [-0.39, 0.29) is 7.43 Å². The van der Waals surface area contributed by atoms with Crippen molar-refractivity contribution in [3.63, 3.8) is 0 Å². The molecule has 0 saturated carbocycles. The number of aromatic nitrogens is 2. The lowest BCUT2D eigenvalue weighted by Crippen LogP contribution is -1.95. The van der Waals surface area contributed by atoms with Crippen molar-refractivity contribution in [2.75, 3.05) is 11.1 Å². The number of nitrogens with zero attached hydrogens (tertiary/aromatic N) is 2. The number of nitrogens with one attached hydrogen (secondary N) is 1. The van der Waals surface area contributed by atoms with Gasteiger partial charge in [0.2, 0.25) is 0 Å². The van der Waals surface area contributed by atoms with Crippen molar-refractivity contribution >= 4 is 105 Å². The molecule has 0 spiro atoms. The predicted octanol–water partition coefficient (Wildman–Crippen LogP) is 15.1. The zero-order valence-corrected chi connectivity index (χ0v) is 35.5. The number of nitrogens with two attached hydrogens (primary N) is 1. The first kappa shape index (κ1) is 41.9. The fourth-order valence-corrected chi connectivity index (χ4v) is 7.32. The Hall–Kier alpha value is -5.77. The minimum atomic E-state index is 0. The largest absolute Gasteiger partial charge is 0.399 e. The summed E-state index contributed by atoms with van der Waals surface area (Å²) in [6.45, 7) is 4.14. The normalized spacial score (nSPS) is 10.4. The highest BCUT2D eigenvalue weighted by molar-refractivity contribution is 14.1. The van der Waals surface area contributed by atoms with Gasteiger partial charge in [0.1, 0.15) is 0 Å². The summed E-state index contributed by atoms with van der Waals surface area (Å²) in [7, 11) is 0. The summed E-state index contributed by atoms with van der Waals surface area (Å²) < 4.78 is 5.75. The standard InChI is InChI=1S/C25H20N2.C18H12BrN.C7H9N.CH4.BI/c1-18-10-12-19(13-11-18)26-20-14-16-21(17-15-20)27-24-8-4-2-6-22(24)23-7-3-5-9-25(23)27;19-13-9-11-14(12-10-13)20-17-7-3-1-5-15(17)16-6-2-4-8-18(16)20;1-6-2-4-7(8)5-3-6;;1-2/h2-17,26H,1H3;1-12H;2-5H,8H2,1H3;1H4;. The molecule has 2 radical (unpaired) electrons. The Morgan fingerprint density at radius 2 is 0.724 bits per heavy atom. The lowest BCUT2D eigenvalue weighted by atomic mass is 10.2. The second kappa shape index (κ2) is 19.6. The van der Waals surface area contributed by atoms with Crippen LogP contribution in [-0.4, -0.2) is 14.8 Å². The molecular weight excluding hydrogens is 886 g/mol. The van der Waals surface area contributed by atoms with Gasteiger partial charge in [0.25, 0.3) is 0 Å². The average molecular weight is 932 g/mol. The van der Waals surface area contributed by atoms with Gasteiger partial charge < -0.3 is 20.2 Å². The maximum absolute atomic E-state index is 5.43. The molecule has 0 aliphatic rings. The number of hydrogen-bond acceptors (Lipinski definition) is 2. The van der Waals surface area contributed by atoms with Crippen molar-refractivity contribution in [1.29, 1.82) is 0 Å². The van der Waals surface area contributed by atoms with Gasteiger partial charge in [-0.15, -0.1) is 0 Å². The molecule has 2 heterocycles. The third-order valence-corrected chi connectivity index (χ3v) is 10.3. The minimum Gasteiger partial charge on any atom is -0.399 e. The van der Waals surface area contributed by atoms with Crippen molar-refractivity contribution in [1.82, 2.24) is 9.13 Å². The average Bonchev–Trinajstić information content (AvgIpc) is 3.78. The number of hydrogen-bond donors (Lipinski definition) is 2. The van der Waals surface area contributed by atoms with Crippen LogP contribution in [0.1, 0.15) is 18.6 Å². The summed E-state index contributed by atoms with van der Waals surface area (Å²) in [5.74, 6) is 0. The van der Waals surface area contributed by atoms with Gasteiger partial charge >= 0.3 is 0 Å². The van der Waals surface area contributed by atoms with E-state index in [9.17, 15) is 0 Å². The fourth-order valence-electron chi connectivity index (χ4n) is 7.06. The molecule has 58 heavy (non-hydrogen) atoms. The minimum absolute atomic E-state index is 0. The third-order valence-electron chi connectivity index (χ3n) is 9.79. The van der Waals surface area contributed by atoms with E-state index in [0.29, 0.717) is 0 Å². The first-order valence-electron chi connectivity index (χ1n) is 18.6. The number of para-hydroxylation sites is 4. The molecule has 4 nitrogen and oxygen atoms in total. The van der Waals surface area contributed by atoms with Crippen LogP contribution in [0, 0.1) is 13.8 Å². The molecule has 10 aromatic rings. The number of rotatable bonds is 4. The van der Waals surface area contributed by atoms with Crippen LogP contribution in [0.4, 0.5) is 17.1 Å². The van der Waals surface area contributed by atoms with Gasteiger partial charge in [0.05, 0.1) is 22.1 Å². The molecule has 3 N–H and O–H groups in total. The fraction of sp³-hybridized carbons (Fsp3) is 0.0588. The smallest absolute Gasteiger partial charge is 0.169 e. The number of fused-ring (bicyclic) bond motifs is 6. The highest BCUT2D eigenvalue weighted by Gasteiger charge is 2.12. The lowest BCUT2D eigenvalue weighted by molar-refractivity contribution is 1.18. The van der Waals surface area contributed by atoms with E-state index < -0.39 is 0 Å². The van der Waals surface area contributed by atoms with Gasteiger partial charge in [0.15, 0.2) is 5.70 Å². The van der Waals surface area contributed by atoms with E-state index >= 15 is 0 Å². The maximum Gasteiger partial charge on any atom is 0.169 e. The summed E-state index contributed by atoms with van der Waals surface area (Å²) in [5, 5.41) is 8.64. The molecule has 0 atom stereocenters. The van der Waals surface area contributed by atoms with Gasteiger partial charge in [-0.05, 0) is 111 Å². The molecule has 0 saturated heterocycles. The van der Waals surface area contributed by atoms with Crippen LogP contribution in [-0.2, 0) is 0 Å². The number of aryl methyl sites for hydroxylation is 2. The highest BCUT2D eigenvalue weighted by atomic mass is 127. The Labute approximate surface area is 364 Å². The van der Waals surface area contributed by atoms with E-state index in [1.54, 1.807) is 22.4 Å². The van der Waals surface area contributed by atoms with Crippen LogP contribution >= 0.6 is 38.3 Å². The first-order chi connectivity index (χ1) is 27.9. The zero-order valence-electron chi connectivity index (χ0n) is 31.8. The topological polar surface area (TPSA) is 47.9 Å². The van der Waals surface area contributed by atoms with E-state index in [0.717, 1.165) is 21.5 Å². The van der Waals surface area contributed by atoms with Crippen LogP contribution in [0.15, 0.2) is 199 Å². The maximum atomic E-state index is 5.43. The van der Waals surface area contributed by atoms with Crippen LogP contribution in [0.2, 0.25) is 0 Å². The van der Waals surface area contributed by atoms with Gasteiger partial charge in [-0.3, -0.25) is 0 Å². The molecule has 0 fully saturated rings. The van der Waals surface area contributed by atoms with Gasteiger partial charge in [-0.25, -0.2) is 0 Å². The predicted molar refractivity (Wildman–Crippen MR) is 266 cm³/mol. The lowest BCUT2D eigenvalue weighted by Gasteiger charge is -2.10. The van der Waals surface area contributed by atoms with Crippen molar-refractivity contribution in [3.05, 3.63) is 210 Å². The summed E-state index contributed by atoms with van der Waals surface area (Å²) in [6.07, 6.45) is 0. The monoisotopic (exact) mass is 930 g/mol. The van der Waals surface area contributed by atoms with Crippen molar-refractivity contribution in [2.24, 2.45) is 0 Å². The molecule has 0 aliphatic heterocycles. The summed E-state index contributed by atoms with van der Waals surface area (Å²) in [5.41, 5.74) is 22.7. The Balaban J connectivity index is 0.000000160. The molecule has 0 bridgehead atoms. The van der Waals surface area contributed by atoms with Crippen LogP contribution in [0.3, 0.4) is 0 Å². The summed E-state index contributed by atoms with van der Waals surface area (Å²) in [4.78, 5) is 0. The van der Waals surface area contributed by atoms with Gasteiger partial charge in [0, 0.05) is 54.5 Å².